The molecular formula is C28H24N2. The zero-order valence-electron chi connectivity index (χ0n) is 16.8. The molecule has 0 saturated heterocycles. The molecule has 0 radical (unpaired) electrons. The Balaban J connectivity index is 0.00000218. The first-order valence-corrected chi connectivity index (χ1v) is 9.88. The molecule has 0 aliphatic rings. The van der Waals surface area contributed by atoms with Crippen LogP contribution in [0.5, 0.6) is 0 Å². The lowest BCUT2D eigenvalue weighted by molar-refractivity contribution is 1.54. The standard InChI is InChI=1S/C28H21N.H3N/c1-3-10-21(11-4-1)25-19-18-24(20-27(25)23-12-5-2-6-13-23)29-28-17-9-15-22-14-7-8-16-26(22)28;/h1-20,29H;1H3. The molecule has 30 heavy (non-hydrogen) atoms. The predicted octanol–water partition coefficient (Wildman–Crippen LogP) is 8.08. The van der Waals surface area contributed by atoms with E-state index in [9.17, 15) is 0 Å². The van der Waals surface area contributed by atoms with Crippen LogP contribution < -0.4 is 11.5 Å². The van der Waals surface area contributed by atoms with Crippen LogP contribution in [0.1, 0.15) is 0 Å². The molecule has 0 atom stereocenters. The van der Waals surface area contributed by atoms with Gasteiger partial charge in [0.15, 0.2) is 0 Å². The van der Waals surface area contributed by atoms with Gasteiger partial charge in [0, 0.05) is 16.8 Å². The number of anilines is 2. The minimum Gasteiger partial charge on any atom is -0.355 e. The summed E-state index contributed by atoms with van der Waals surface area (Å²) in [5.41, 5.74) is 7.10. The molecule has 0 spiro atoms. The lowest BCUT2D eigenvalue weighted by atomic mass is 9.94. The minimum atomic E-state index is 0. The summed E-state index contributed by atoms with van der Waals surface area (Å²) in [6, 6.07) is 42.6. The largest absolute Gasteiger partial charge is 0.355 e. The third-order valence-corrected chi connectivity index (χ3v) is 5.26. The fourth-order valence-electron chi connectivity index (χ4n) is 3.84. The molecule has 0 heterocycles. The molecule has 2 nitrogen and oxygen atoms in total. The van der Waals surface area contributed by atoms with Crippen LogP contribution in [0.3, 0.4) is 0 Å². The van der Waals surface area contributed by atoms with E-state index in [2.05, 4.69) is 127 Å². The topological polar surface area (TPSA) is 47.0 Å². The molecule has 5 rings (SSSR count). The zero-order chi connectivity index (χ0) is 19.5. The molecule has 5 aromatic rings. The third kappa shape index (κ3) is 3.82. The molecule has 0 fully saturated rings. The molecule has 0 bridgehead atoms. The molecular weight excluding hydrogens is 364 g/mol. The van der Waals surface area contributed by atoms with E-state index in [0.717, 1.165) is 11.4 Å². The van der Waals surface area contributed by atoms with Crippen molar-refractivity contribution in [3.8, 4) is 22.3 Å². The lowest BCUT2D eigenvalue weighted by Gasteiger charge is -2.15. The van der Waals surface area contributed by atoms with Gasteiger partial charge in [-0.2, -0.15) is 0 Å². The Kier molecular flexibility index (Phi) is 5.60. The van der Waals surface area contributed by atoms with Crippen LogP contribution in [-0.2, 0) is 0 Å². The van der Waals surface area contributed by atoms with Gasteiger partial charge in [0.25, 0.3) is 0 Å². The van der Waals surface area contributed by atoms with Crippen molar-refractivity contribution in [3.63, 3.8) is 0 Å². The zero-order valence-corrected chi connectivity index (χ0v) is 16.8. The van der Waals surface area contributed by atoms with Crippen LogP contribution in [0, 0.1) is 0 Å². The maximum absolute atomic E-state index is 3.64. The summed E-state index contributed by atoms with van der Waals surface area (Å²) in [6.07, 6.45) is 0. The highest BCUT2D eigenvalue weighted by Gasteiger charge is 2.09. The van der Waals surface area contributed by atoms with Crippen molar-refractivity contribution in [3.05, 3.63) is 121 Å². The Hall–Kier alpha value is -3.88. The Morgan fingerprint density at radius 3 is 1.80 bits per heavy atom. The van der Waals surface area contributed by atoms with E-state index >= 15 is 0 Å². The van der Waals surface area contributed by atoms with E-state index in [-0.39, 0.29) is 6.15 Å². The SMILES string of the molecule is N.c1ccc(-c2ccc(Nc3cccc4ccccc34)cc2-c2ccccc2)cc1. The molecule has 0 amide bonds. The van der Waals surface area contributed by atoms with Crippen molar-refractivity contribution in [1.29, 1.82) is 0 Å². The second-order valence-corrected chi connectivity index (χ2v) is 7.14. The molecule has 146 valence electrons. The average molecular weight is 389 g/mol. The summed E-state index contributed by atoms with van der Waals surface area (Å²) < 4.78 is 0. The van der Waals surface area contributed by atoms with Crippen LogP contribution in [-0.4, -0.2) is 0 Å². The fourth-order valence-corrected chi connectivity index (χ4v) is 3.84. The van der Waals surface area contributed by atoms with E-state index < -0.39 is 0 Å². The van der Waals surface area contributed by atoms with Gasteiger partial charge in [0.05, 0.1) is 0 Å². The van der Waals surface area contributed by atoms with Crippen molar-refractivity contribution in [2.24, 2.45) is 0 Å². The van der Waals surface area contributed by atoms with E-state index in [1.165, 1.54) is 33.0 Å². The summed E-state index contributed by atoms with van der Waals surface area (Å²) >= 11 is 0. The molecule has 0 aliphatic carbocycles. The highest BCUT2D eigenvalue weighted by atomic mass is 14.9. The Labute approximate surface area is 177 Å². The van der Waals surface area contributed by atoms with Gasteiger partial charge in [-0.3, -0.25) is 0 Å². The summed E-state index contributed by atoms with van der Waals surface area (Å²) in [7, 11) is 0. The molecule has 0 aliphatic heterocycles. The van der Waals surface area contributed by atoms with E-state index in [4.69, 9.17) is 0 Å². The van der Waals surface area contributed by atoms with Crippen LogP contribution in [0.2, 0.25) is 0 Å². The van der Waals surface area contributed by atoms with Gasteiger partial charge >= 0.3 is 0 Å². The Morgan fingerprint density at radius 1 is 0.467 bits per heavy atom. The fraction of sp³-hybridized carbons (Fsp3) is 0. The summed E-state index contributed by atoms with van der Waals surface area (Å²) in [5.74, 6) is 0. The smallest absolute Gasteiger partial charge is 0.0463 e. The maximum Gasteiger partial charge on any atom is 0.0463 e. The molecule has 5 aromatic carbocycles. The van der Waals surface area contributed by atoms with Gasteiger partial charge in [-0.1, -0.05) is 103 Å². The van der Waals surface area contributed by atoms with Crippen molar-refractivity contribution in [2.45, 2.75) is 0 Å². The second kappa shape index (κ2) is 8.64. The van der Waals surface area contributed by atoms with Crippen LogP contribution in [0.25, 0.3) is 33.0 Å². The van der Waals surface area contributed by atoms with Gasteiger partial charge in [-0.15, -0.1) is 0 Å². The molecule has 0 unspecified atom stereocenters. The van der Waals surface area contributed by atoms with Gasteiger partial charge in [0.2, 0.25) is 0 Å². The highest BCUT2D eigenvalue weighted by molar-refractivity contribution is 5.96. The van der Waals surface area contributed by atoms with E-state index in [1.54, 1.807) is 0 Å². The van der Waals surface area contributed by atoms with Crippen molar-refractivity contribution in [2.75, 3.05) is 5.32 Å². The lowest BCUT2D eigenvalue weighted by Crippen LogP contribution is -1.93. The van der Waals surface area contributed by atoms with Gasteiger partial charge in [-0.25, -0.2) is 0 Å². The summed E-state index contributed by atoms with van der Waals surface area (Å²) in [5, 5.41) is 6.10. The van der Waals surface area contributed by atoms with E-state index in [0.29, 0.717) is 0 Å². The maximum atomic E-state index is 3.64. The van der Waals surface area contributed by atoms with Crippen LogP contribution in [0.15, 0.2) is 121 Å². The van der Waals surface area contributed by atoms with Gasteiger partial charge in [-0.05, 0) is 45.8 Å². The van der Waals surface area contributed by atoms with E-state index in [1.807, 2.05) is 0 Å². The van der Waals surface area contributed by atoms with Gasteiger partial charge < -0.3 is 11.5 Å². The number of hydrogen-bond donors (Lipinski definition) is 2. The van der Waals surface area contributed by atoms with Crippen molar-refractivity contribution >= 4 is 22.1 Å². The molecule has 2 heteroatoms. The number of hydrogen-bond acceptors (Lipinski definition) is 2. The van der Waals surface area contributed by atoms with Crippen LogP contribution in [0.4, 0.5) is 11.4 Å². The van der Waals surface area contributed by atoms with Gasteiger partial charge in [0.1, 0.15) is 0 Å². The molecule has 4 N–H and O–H groups in total. The summed E-state index contributed by atoms with van der Waals surface area (Å²) in [6.45, 7) is 0. The van der Waals surface area contributed by atoms with Crippen LogP contribution >= 0.6 is 0 Å². The average Bonchev–Trinajstić information content (AvgIpc) is 2.80. The first-order chi connectivity index (χ1) is 14.4. The number of rotatable bonds is 4. The molecule has 0 aromatic heterocycles. The number of benzene rings is 5. The minimum absolute atomic E-state index is 0. The normalized spacial score (nSPS) is 10.4. The third-order valence-electron chi connectivity index (χ3n) is 5.26. The van der Waals surface area contributed by atoms with Crippen molar-refractivity contribution in [1.82, 2.24) is 6.15 Å². The number of nitrogens with one attached hydrogen (secondary N) is 1. The Bertz CT molecular complexity index is 1260. The second-order valence-electron chi connectivity index (χ2n) is 7.14. The first-order valence-electron chi connectivity index (χ1n) is 9.88. The highest BCUT2D eigenvalue weighted by Crippen LogP contribution is 2.35. The Morgan fingerprint density at radius 2 is 1.07 bits per heavy atom. The quantitative estimate of drug-likeness (QED) is 0.327. The van der Waals surface area contributed by atoms with Crippen molar-refractivity contribution < 1.29 is 0 Å². The molecule has 0 saturated carbocycles. The number of fused-ring (bicyclic) bond motifs is 1. The first kappa shape index (κ1) is 19.4. The summed E-state index contributed by atoms with van der Waals surface area (Å²) in [4.78, 5) is 0. The predicted molar refractivity (Wildman–Crippen MR) is 130 cm³/mol. The monoisotopic (exact) mass is 388 g/mol.